The van der Waals surface area contributed by atoms with E-state index >= 15 is 0 Å². The smallest absolute Gasteiger partial charge is 0.211 e. The zero-order chi connectivity index (χ0) is 25.2. The van der Waals surface area contributed by atoms with Gasteiger partial charge in [0.2, 0.25) is 10.0 Å². The van der Waals surface area contributed by atoms with Gasteiger partial charge in [0.1, 0.15) is 11.6 Å². The maximum Gasteiger partial charge on any atom is 0.211 e. The first-order valence-electron chi connectivity index (χ1n) is 11.0. The third-order valence-corrected chi connectivity index (χ3v) is 7.66. The van der Waals surface area contributed by atoms with E-state index in [9.17, 15) is 8.42 Å². The van der Waals surface area contributed by atoms with Crippen molar-refractivity contribution in [1.82, 2.24) is 13.9 Å². The largest absolute Gasteiger partial charge is 0.372 e. The molecule has 1 N–H and O–H groups in total. The number of hydrogen-bond donors (Lipinski definition) is 1. The van der Waals surface area contributed by atoms with E-state index in [-0.39, 0.29) is 6.04 Å². The van der Waals surface area contributed by atoms with Crippen LogP contribution in [0.3, 0.4) is 0 Å². The molecule has 1 saturated heterocycles. The summed E-state index contributed by atoms with van der Waals surface area (Å²) in [6.45, 7) is 4.51. The Balaban J connectivity index is 1.87. The molecular formula is C24H26Cl2N6O2S. The van der Waals surface area contributed by atoms with Gasteiger partial charge in [-0.25, -0.2) is 22.7 Å². The maximum atomic E-state index is 12.1. The Hall–Kier alpha value is -2.72. The van der Waals surface area contributed by atoms with Crippen molar-refractivity contribution in [2.75, 3.05) is 31.7 Å². The van der Waals surface area contributed by atoms with Crippen LogP contribution in [0.4, 0.5) is 5.82 Å². The third-order valence-electron chi connectivity index (χ3n) is 5.81. The Morgan fingerprint density at radius 3 is 2.51 bits per heavy atom. The first-order chi connectivity index (χ1) is 16.7. The van der Waals surface area contributed by atoms with Crippen molar-refractivity contribution in [3.05, 3.63) is 64.3 Å². The molecule has 1 unspecified atom stereocenters. The summed E-state index contributed by atoms with van der Waals surface area (Å²) in [5.41, 5.74) is 2.04. The number of amidine groups is 1. The van der Waals surface area contributed by atoms with E-state index < -0.39 is 10.0 Å². The molecule has 0 amide bonds. The van der Waals surface area contributed by atoms with Gasteiger partial charge in [0.05, 0.1) is 17.3 Å². The van der Waals surface area contributed by atoms with Gasteiger partial charge in [-0.1, -0.05) is 35.3 Å². The Morgan fingerprint density at radius 1 is 1.17 bits per heavy atom. The first kappa shape index (κ1) is 25.4. The number of nitrogens with zero attached hydrogens (tertiary/aromatic N) is 5. The molecule has 35 heavy (non-hydrogen) atoms. The average Bonchev–Trinajstić information content (AvgIpc) is 3.22. The number of aliphatic imine (C=N–C) groups is 2. The van der Waals surface area contributed by atoms with Crippen LogP contribution in [-0.2, 0) is 10.0 Å². The molecule has 4 rings (SSSR count). The predicted molar refractivity (Wildman–Crippen MR) is 144 cm³/mol. The zero-order valence-electron chi connectivity index (χ0n) is 19.4. The molecule has 1 aliphatic rings. The molecule has 184 valence electrons. The maximum absolute atomic E-state index is 12.1. The summed E-state index contributed by atoms with van der Waals surface area (Å²) in [5.74, 6) is 1.56. The molecule has 8 nitrogen and oxygen atoms in total. The van der Waals surface area contributed by atoms with Crippen LogP contribution in [0.25, 0.3) is 17.1 Å². The van der Waals surface area contributed by atoms with E-state index in [1.54, 1.807) is 25.2 Å². The topological polar surface area (TPSA) is 92.0 Å². The highest BCUT2D eigenvalue weighted by atomic mass is 35.5. The molecule has 2 heterocycles. The lowest BCUT2D eigenvalue weighted by Gasteiger charge is -2.28. The van der Waals surface area contributed by atoms with Crippen LogP contribution in [0.5, 0.6) is 0 Å². The summed E-state index contributed by atoms with van der Waals surface area (Å²) >= 11 is 12.7. The summed E-state index contributed by atoms with van der Waals surface area (Å²) in [6.07, 6.45) is 2.68. The molecular weight excluding hydrogens is 507 g/mol. The van der Waals surface area contributed by atoms with Crippen molar-refractivity contribution in [2.24, 2.45) is 9.98 Å². The van der Waals surface area contributed by atoms with Gasteiger partial charge in [-0.2, -0.15) is 0 Å². The number of nitrogens with one attached hydrogen (secondary N) is 1. The first-order valence-corrected chi connectivity index (χ1v) is 13.6. The van der Waals surface area contributed by atoms with Crippen LogP contribution in [0.2, 0.25) is 10.0 Å². The minimum atomic E-state index is -3.30. The monoisotopic (exact) mass is 532 g/mol. The number of rotatable bonds is 6. The van der Waals surface area contributed by atoms with Crippen molar-refractivity contribution in [3.8, 4) is 17.1 Å². The average molecular weight is 533 g/mol. The normalized spacial score (nSPS) is 17.4. The quantitative estimate of drug-likeness (QED) is 0.366. The molecule has 0 bridgehead atoms. The molecule has 2 aromatic carbocycles. The van der Waals surface area contributed by atoms with Crippen LogP contribution in [0.1, 0.15) is 18.5 Å². The lowest BCUT2D eigenvalue weighted by atomic mass is 10.1. The van der Waals surface area contributed by atoms with Crippen LogP contribution < -0.4 is 5.32 Å². The number of piperidine rings is 1. The van der Waals surface area contributed by atoms with Gasteiger partial charge in [0.25, 0.3) is 0 Å². The zero-order valence-corrected chi connectivity index (χ0v) is 21.8. The molecule has 11 heteroatoms. The number of aromatic nitrogens is 2. The molecule has 1 aliphatic heterocycles. The molecule has 1 atom stereocenters. The Bertz CT molecular complexity index is 1370. The minimum absolute atomic E-state index is 0.256. The van der Waals surface area contributed by atoms with Gasteiger partial charge in [0, 0.05) is 36.4 Å². The van der Waals surface area contributed by atoms with E-state index in [0.717, 1.165) is 17.7 Å². The molecule has 0 saturated carbocycles. The van der Waals surface area contributed by atoms with E-state index in [2.05, 4.69) is 17.0 Å². The van der Waals surface area contributed by atoms with Crippen molar-refractivity contribution in [1.29, 1.82) is 0 Å². The predicted octanol–water partition coefficient (Wildman–Crippen LogP) is 4.76. The minimum Gasteiger partial charge on any atom is -0.372 e. The number of sulfonamides is 1. The highest BCUT2D eigenvalue weighted by molar-refractivity contribution is 7.88. The van der Waals surface area contributed by atoms with Crippen molar-refractivity contribution < 1.29 is 8.42 Å². The van der Waals surface area contributed by atoms with E-state index in [1.165, 1.54) is 10.6 Å². The van der Waals surface area contributed by atoms with Crippen molar-refractivity contribution in [2.45, 2.75) is 18.9 Å². The number of imidazole rings is 1. The standard InChI is InChI=1S/C24H26Cl2N6O2S/c1-27-22(29-17-7-6-14-31(15-17)35(3,33)34)21-24(28-2)32(18-12-10-16(25)11-13-18)23(30-21)19-8-4-5-9-20(19)26/h4-5,8-13,17,28H,1,6-7,14-15H2,2-3H3. The van der Waals surface area contributed by atoms with Crippen LogP contribution in [0, 0.1) is 0 Å². The Morgan fingerprint density at radius 2 is 1.89 bits per heavy atom. The molecule has 1 aromatic heterocycles. The summed E-state index contributed by atoms with van der Waals surface area (Å²) in [7, 11) is -1.51. The summed E-state index contributed by atoms with van der Waals surface area (Å²) in [5, 5.41) is 4.38. The van der Waals surface area contributed by atoms with Gasteiger partial charge >= 0.3 is 0 Å². The lowest BCUT2D eigenvalue weighted by Crippen LogP contribution is -2.41. The molecule has 1 fully saturated rings. The second kappa shape index (κ2) is 10.5. The Labute approximate surface area is 215 Å². The second-order valence-electron chi connectivity index (χ2n) is 8.20. The van der Waals surface area contributed by atoms with Gasteiger partial charge in [-0.3, -0.25) is 9.56 Å². The number of benzene rings is 2. The second-order valence-corrected chi connectivity index (χ2v) is 11.0. The fraction of sp³-hybridized carbons (Fsp3) is 0.292. The summed E-state index contributed by atoms with van der Waals surface area (Å²) in [4.78, 5) is 13.9. The van der Waals surface area contributed by atoms with E-state index in [4.69, 9.17) is 33.2 Å². The fourth-order valence-corrected chi connectivity index (χ4v) is 5.40. The fourth-order valence-electron chi connectivity index (χ4n) is 4.15. The number of anilines is 1. The summed E-state index contributed by atoms with van der Waals surface area (Å²) < 4.78 is 27.5. The SMILES string of the molecule is C=NC(=NC1CCCN(S(C)(=O)=O)C1)c1nc(-c2ccccc2Cl)n(-c2ccc(Cl)cc2)c1NC. The highest BCUT2D eigenvalue weighted by Gasteiger charge is 2.28. The van der Waals surface area contributed by atoms with Crippen molar-refractivity contribution >= 4 is 51.6 Å². The number of hydrogen-bond acceptors (Lipinski definition) is 5. The molecule has 3 aromatic rings. The highest BCUT2D eigenvalue weighted by Crippen LogP contribution is 2.34. The molecule has 0 aliphatic carbocycles. The van der Waals surface area contributed by atoms with Crippen LogP contribution in [-0.4, -0.2) is 67.3 Å². The van der Waals surface area contributed by atoms with E-state index in [1.807, 2.05) is 34.9 Å². The van der Waals surface area contributed by atoms with E-state index in [0.29, 0.717) is 52.7 Å². The summed E-state index contributed by atoms with van der Waals surface area (Å²) in [6, 6.07) is 14.6. The van der Waals surface area contributed by atoms with Crippen LogP contribution >= 0.6 is 23.2 Å². The lowest BCUT2D eigenvalue weighted by molar-refractivity contribution is 0.319. The van der Waals surface area contributed by atoms with Gasteiger partial charge in [-0.05, 0) is 56.0 Å². The van der Waals surface area contributed by atoms with Gasteiger partial charge < -0.3 is 5.32 Å². The Kier molecular flexibility index (Phi) is 7.61. The molecule has 0 spiro atoms. The van der Waals surface area contributed by atoms with Gasteiger partial charge in [0.15, 0.2) is 11.5 Å². The molecule has 0 radical (unpaired) electrons. The third kappa shape index (κ3) is 5.43. The van der Waals surface area contributed by atoms with Crippen LogP contribution in [0.15, 0.2) is 58.5 Å². The number of halogens is 2. The van der Waals surface area contributed by atoms with Gasteiger partial charge in [-0.15, -0.1) is 0 Å². The van der Waals surface area contributed by atoms with Crippen molar-refractivity contribution in [3.63, 3.8) is 0 Å².